The molecule has 0 saturated carbocycles. The fourth-order valence-electron chi connectivity index (χ4n) is 4.13. The lowest BCUT2D eigenvalue weighted by atomic mass is 10.0. The lowest BCUT2D eigenvalue weighted by Gasteiger charge is -2.37. The zero-order valence-electron chi connectivity index (χ0n) is 18.1. The van der Waals surface area contributed by atoms with Crippen LogP contribution in [0.5, 0.6) is 0 Å². The fourth-order valence-corrected chi connectivity index (χ4v) is 5.66. The summed E-state index contributed by atoms with van der Waals surface area (Å²) in [5, 5.41) is 3.95. The van der Waals surface area contributed by atoms with E-state index in [0.29, 0.717) is 56.0 Å². The van der Waals surface area contributed by atoms with Gasteiger partial charge < -0.3 is 18.9 Å². The van der Waals surface area contributed by atoms with Crippen LogP contribution < -0.4 is 0 Å². The standard InChI is InChI=1S/C22H28N2O6S/c1-15-4-5-18(21-16(2)17(3)23-30-21)14-19(15)31(26,27)13-6-20(25)24-9-7-22(8-10-24)28-11-12-29-22/h4-5,14H,6-13H2,1-3H3. The average Bonchev–Trinajstić information content (AvgIpc) is 3.34. The maximum Gasteiger partial charge on any atom is 0.223 e. The summed E-state index contributed by atoms with van der Waals surface area (Å²) in [6.45, 7) is 7.67. The molecule has 8 nitrogen and oxygen atoms in total. The molecule has 0 N–H and O–H groups in total. The largest absolute Gasteiger partial charge is 0.356 e. The third-order valence-corrected chi connectivity index (χ3v) is 8.07. The van der Waals surface area contributed by atoms with Crippen LogP contribution in [0.25, 0.3) is 11.3 Å². The van der Waals surface area contributed by atoms with Gasteiger partial charge in [-0.2, -0.15) is 0 Å². The summed E-state index contributed by atoms with van der Waals surface area (Å²) >= 11 is 0. The smallest absolute Gasteiger partial charge is 0.223 e. The van der Waals surface area contributed by atoms with Crippen molar-refractivity contribution in [1.82, 2.24) is 10.1 Å². The molecule has 168 valence electrons. The van der Waals surface area contributed by atoms with Crippen LogP contribution in [0.15, 0.2) is 27.6 Å². The number of likely N-dealkylation sites (tertiary alicyclic amines) is 1. The van der Waals surface area contributed by atoms with Gasteiger partial charge in [0.25, 0.3) is 0 Å². The van der Waals surface area contributed by atoms with Gasteiger partial charge in [-0.1, -0.05) is 17.3 Å². The normalized spacial score (nSPS) is 18.6. The highest BCUT2D eigenvalue weighted by molar-refractivity contribution is 7.91. The van der Waals surface area contributed by atoms with Gasteiger partial charge in [-0.05, 0) is 32.4 Å². The van der Waals surface area contributed by atoms with Crippen LogP contribution in [-0.2, 0) is 24.1 Å². The Balaban J connectivity index is 1.43. The predicted octanol–water partition coefficient (Wildman–Crippen LogP) is 2.80. The second-order valence-corrected chi connectivity index (χ2v) is 10.3. The Hall–Kier alpha value is -2.23. The summed E-state index contributed by atoms with van der Waals surface area (Å²) < 4.78 is 42.9. The van der Waals surface area contributed by atoms with Crippen LogP contribution in [0.3, 0.4) is 0 Å². The summed E-state index contributed by atoms with van der Waals surface area (Å²) in [6, 6.07) is 5.19. The van der Waals surface area contributed by atoms with Crippen molar-refractivity contribution in [3.8, 4) is 11.3 Å². The van der Waals surface area contributed by atoms with Gasteiger partial charge in [0.05, 0.1) is 29.6 Å². The lowest BCUT2D eigenvalue weighted by Crippen LogP contribution is -2.47. The van der Waals surface area contributed by atoms with E-state index in [2.05, 4.69) is 5.16 Å². The molecule has 0 atom stereocenters. The molecule has 0 aliphatic carbocycles. The first-order chi connectivity index (χ1) is 14.7. The molecular weight excluding hydrogens is 420 g/mol. The Bertz CT molecular complexity index is 1080. The molecule has 2 aliphatic heterocycles. The Labute approximate surface area is 182 Å². The number of hydrogen-bond acceptors (Lipinski definition) is 7. The molecule has 2 aliphatic rings. The predicted molar refractivity (Wildman–Crippen MR) is 113 cm³/mol. The number of ether oxygens (including phenoxy) is 2. The van der Waals surface area contributed by atoms with E-state index in [-0.39, 0.29) is 23.0 Å². The van der Waals surface area contributed by atoms with Crippen molar-refractivity contribution >= 4 is 15.7 Å². The molecular formula is C22H28N2O6S. The van der Waals surface area contributed by atoms with Crippen LogP contribution in [0, 0.1) is 20.8 Å². The SMILES string of the molecule is Cc1ccc(-c2onc(C)c2C)cc1S(=O)(=O)CCC(=O)N1CCC2(CC1)OCCO2. The van der Waals surface area contributed by atoms with Crippen molar-refractivity contribution in [3.05, 3.63) is 35.0 Å². The number of carbonyl (C=O) groups excluding carboxylic acids is 1. The van der Waals surface area contributed by atoms with Crippen molar-refractivity contribution in [3.63, 3.8) is 0 Å². The lowest BCUT2D eigenvalue weighted by molar-refractivity contribution is -0.187. The van der Waals surface area contributed by atoms with Gasteiger partial charge >= 0.3 is 0 Å². The maximum absolute atomic E-state index is 13.1. The number of carbonyl (C=O) groups is 1. The van der Waals surface area contributed by atoms with E-state index in [1.54, 1.807) is 24.0 Å². The van der Waals surface area contributed by atoms with Gasteiger partial charge in [0, 0.05) is 43.5 Å². The maximum atomic E-state index is 13.1. The fraction of sp³-hybridized carbons (Fsp3) is 0.545. The van der Waals surface area contributed by atoms with Gasteiger partial charge in [-0.15, -0.1) is 0 Å². The number of aryl methyl sites for hydroxylation is 2. The van der Waals surface area contributed by atoms with Gasteiger partial charge in [0.1, 0.15) is 0 Å². The third kappa shape index (κ3) is 4.40. The molecule has 0 bridgehead atoms. The topological polar surface area (TPSA) is 98.9 Å². The van der Waals surface area contributed by atoms with Crippen LogP contribution >= 0.6 is 0 Å². The Morgan fingerprint density at radius 2 is 1.81 bits per heavy atom. The molecule has 1 aromatic carbocycles. The van der Waals surface area contributed by atoms with Crippen molar-refractivity contribution in [2.75, 3.05) is 32.1 Å². The number of amides is 1. The van der Waals surface area contributed by atoms with Gasteiger partial charge in [0.2, 0.25) is 5.91 Å². The average molecular weight is 449 g/mol. The number of benzene rings is 1. The van der Waals surface area contributed by atoms with Gasteiger partial charge in [-0.25, -0.2) is 8.42 Å². The molecule has 2 aromatic rings. The Morgan fingerprint density at radius 3 is 2.42 bits per heavy atom. The number of piperidine rings is 1. The van der Waals surface area contributed by atoms with Crippen molar-refractivity contribution in [1.29, 1.82) is 0 Å². The minimum absolute atomic E-state index is 0.0544. The van der Waals surface area contributed by atoms with Crippen LogP contribution in [0.2, 0.25) is 0 Å². The monoisotopic (exact) mass is 448 g/mol. The quantitative estimate of drug-likeness (QED) is 0.693. The first-order valence-electron chi connectivity index (χ1n) is 10.5. The van der Waals surface area contributed by atoms with E-state index in [0.717, 1.165) is 11.3 Å². The van der Waals surface area contributed by atoms with Crippen LogP contribution in [-0.4, -0.2) is 62.2 Å². The Kier molecular flexibility index (Phi) is 5.93. The van der Waals surface area contributed by atoms with Crippen molar-refractivity contribution < 1.29 is 27.2 Å². The van der Waals surface area contributed by atoms with E-state index in [9.17, 15) is 13.2 Å². The Morgan fingerprint density at radius 1 is 1.13 bits per heavy atom. The number of aromatic nitrogens is 1. The van der Waals surface area contributed by atoms with Crippen LogP contribution in [0.1, 0.15) is 36.1 Å². The summed E-state index contributed by atoms with van der Waals surface area (Å²) in [5.41, 5.74) is 2.94. The van der Waals surface area contributed by atoms with Crippen molar-refractivity contribution in [2.24, 2.45) is 0 Å². The molecule has 2 fully saturated rings. The van der Waals surface area contributed by atoms with E-state index < -0.39 is 15.6 Å². The number of rotatable bonds is 5. The molecule has 9 heteroatoms. The first kappa shape index (κ1) is 22.0. The molecule has 1 spiro atoms. The second-order valence-electron chi connectivity index (χ2n) is 8.26. The van der Waals surface area contributed by atoms with Gasteiger partial charge in [0.15, 0.2) is 21.4 Å². The van der Waals surface area contributed by atoms with E-state index in [1.807, 2.05) is 19.9 Å². The minimum atomic E-state index is -3.64. The summed E-state index contributed by atoms with van der Waals surface area (Å²) in [6.07, 6.45) is 1.17. The second kappa shape index (κ2) is 8.37. The zero-order valence-corrected chi connectivity index (χ0v) is 19.0. The third-order valence-electron chi connectivity index (χ3n) is 6.22. The zero-order chi connectivity index (χ0) is 22.2. The highest BCUT2D eigenvalue weighted by Gasteiger charge is 2.40. The molecule has 3 heterocycles. The molecule has 0 unspecified atom stereocenters. The van der Waals surface area contributed by atoms with Crippen molar-refractivity contribution in [2.45, 2.75) is 50.7 Å². The highest BCUT2D eigenvalue weighted by Crippen LogP contribution is 2.32. The molecule has 4 rings (SSSR count). The van der Waals surface area contributed by atoms with Gasteiger partial charge in [-0.3, -0.25) is 4.79 Å². The highest BCUT2D eigenvalue weighted by atomic mass is 32.2. The summed E-state index contributed by atoms with van der Waals surface area (Å²) in [4.78, 5) is 14.6. The number of sulfone groups is 1. The molecule has 0 radical (unpaired) electrons. The molecule has 1 aromatic heterocycles. The number of nitrogens with zero attached hydrogens (tertiary/aromatic N) is 2. The molecule has 2 saturated heterocycles. The van der Waals surface area contributed by atoms with E-state index >= 15 is 0 Å². The summed E-state index contributed by atoms with van der Waals surface area (Å²) in [7, 11) is -3.64. The van der Waals surface area contributed by atoms with E-state index in [4.69, 9.17) is 14.0 Å². The van der Waals surface area contributed by atoms with E-state index in [1.165, 1.54) is 0 Å². The van der Waals surface area contributed by atoms with Crippen LogP contribution in [0.4, 0.5) is 0 Å². The molecule has 1 amide bonds. The first-order valence-corrected chi connectivity index (χ1v) is 12.2. The minimum Gasteiger partial charge on any atom is -0.356 e. The molecule has 31 heavy (non-hydrogen) atoms. The summed E-state index contributed by atoms with van der Waals surface area (Å²) in [5.74, 6) is -0.396. The number of hydrogen-bond donors (Lipinski definition) is 0.